The predicted octanol–water partition coefficient (Wildman–Crippen LogP) is 1.08. The second-order valence-electron chi connectivity index (χ2n) is 5.32. The summed E-state index contributed by atoms with van der Waals surface area (Å²) in [6, 6.07) is 9.07. The summed E-state index contributed by atoms with van der Waals surface area (Å²) in [5, 5.41) is 24.4. The molecule has 1 heterocycles. The Morgan fingerprint density at radius 1 is 0.964 bits per heavy atom. The number of aromatic carboxylic acids is 1. The van der Waals surface area contributed by atoms with Crippen LogP contribution >= 0.6 is 0 Å². The molecule has 3 rings (SSSR count). The van der Waals surface area contributed by atoms with Crippen LogP contribution in [0.1, 0.15) is 10.4 Å². The van der Waals surface area contributed by atoms with Crippen LogP contribution in [0, 0.1) is 0 Å². The summed E-state index contributed by atoms with van der Waals surface area (Å²) in [6.07, 6.45) is 0. The second kappa shape index (κ2) is 7.46. The van der Waals surface area contributed by atoms with E-state index in [-0.39, 0.29) is 35.0 Å². The van der Waals surface area contributed by atoms with Crippen molar-refractivity contribution >= 4 is 22.6 Å². The Morgan fingerprint density at radius 3 is 2.18 bits per heavy atom. The van der Waals surface area contributed by atoms with Gasteiger partial charge >= 0.3 is 5.97 Å². The molecule has 0 spiro atoms. The van der Waals surface area contributed by atoms with E-state index in [1.165, 1.54) is 24.3 Å². The van der Waals surface area contributed by atoms with Crippen molar-refractivity contribution in [3.63, 3.8) is 0 Å². The van der Waals surface area contributed by atoms with Crippen molar-refractivity contribution in [3.05, 3.63) is 48.0 Å². The predicted molar refractivity (Wildman–Crippen MR) is 92.0 cm³/mol. The Hall–Kier alpha value is -3.77. The molecule has 0 aliphatic heterocycles. The van der Waals surface area contributed by atoms with Gasteiger partial charge in [-0.05, 0) is 24.3 Å². The normalized spacial score (nSPS) is 11.0. The minimum absolute atomic E-state index is 0.0293. The van der Waals surface area contributed by atoms with Crippen LogP contribution in [0.3, 0.4) is 0 Å². The highest BCUT2D eigenvalue weighted by Crippen LogP contribution is 2.26. The number of carbonyl (C=O) groups is 2. The highest BCUT2D eigenvalue weighted by molar-refractivity contribution is 7.85. The van der Waals surface area contributed by atoms with Crippen molar-refractivity contribution in [2.75, 3.05) is 0 Å². The van der Waals surface area contributed by atoms with Gasteiger partial charge in [-0.3, -0.25) is 9.35 Å². The Kier molecular flexibility index (Phi) is 5.06. The van der Waals surface area contributed by atoms with Crippen LogP contribution < -0.4 is 4.74 Å². The highest BCUT2D eigenvalue weighted by Gasteiger charge is 2.16. The second-order valence-corrected chi connectivity index (χ2v) is 6.74. The first-order valence-electron chi connectivity index (χ1n) is 7.42. The van der Waals surface area contributed by atoms with Crippen molar-refractivity contribution in [1.82, 2.24) is 20.4 Å². The van der Waals surface area contributed by atoms with Crippen molar-refractivity contribution < 1.29 is 32.4 Å². The van der Waals surface area contributed by atoms with Gasteiger partial charge in [0.15, 0.2) is 0 Å². The molecule has 0 radical (unpaired) electrons. The van der Waals surface area contributed by atoms with Gasteiger partial charge in [-0.25, -0.2) is 4.79 Å². The van der Waals surface area contributed by atoms with Gasteiger partial charge in [0, 0.05) is 17.2 Å². The minimum Gasteiger partial charge on any atom is -0.478 e. The molecular formula is C16H10N4O7S. The first-order chi connectivity index (χ1) is 13.3. The number of benzene rings is 2. The fraction of sp³-hybridized carbons (Fsp3) is 0. The monoisotopic (exact) mass is 402 g/mol. The maximum absolute atomic E-state index is 11.4. The van der Waals surface area contributed by atoms with E-state index >= 15 is 0 Å². The maximum Gasteiger partial charge on any atom is 0.335 e. The molecule has 12 heteroatoms. The van der Waals surface area contributed by atoms with Gasteiger partial charge in [-0.15, -0.1) is 20.4 Å². The largest absolute Gasteiger partial charge is 0.478 e. The molecular weight excluding hydrogens is 392 g/mol. The van der Waals surface area contributed by atoms with Crippen LogP contribution in [0.5, 0.6) is 5.75 Å². The van der Waals surface area contributed by atoms with Crippen LogP contribution in [-0.4, -0.2) is 50.9 Å². The lowest BCUT2D eigenvalue weighted by Gasteiger charge is -2.06. The number of carboxylic acid groups (broad SMARTS) is 1. The molecule has 2 aromatic carbocycles. The highest BCUT2D eigenvalue weighted by atomic mass is 32.2. The van der Waals surface area contributed by atoms with Gasteiger partial charge in [-0.1, -0.05) is 12.1 Å². The molecule has 2 N–H and O–H groups in total. The topological polar surface area (TPSA) is 170 Å². The van der Waals surface area contributed by atoms with Crippen LogP contribution in [-0.2, 0) is 14.9 Å². The molecule has 0 atom stereocenters. The lowest BCUT2D eigenvalue weighted by atomic mass is 10.1. The Morgan fingerprint density at radius 2 is 1.61 bits per heavy atom. The molecule has 142 valence electrons. The Balaban J connectivity index is 2.02. The van der Waals surface area contributed by atoms with E-state index in [0.29, 0.717) is 5.56 Å². The molecule has 0 bridgehead atoms. The molecule has 3 aromatic rings. The van der Waals surface area contributed by atoms with Crippen LogP contribution in [0.15, 0.2) is 47.4 Å². The van der Waals surface area contributed by atoms with Crippen molar-refractivity contribution in [2.45, 2.75) is 4.90 Å². The fourth-order valence-electron chi connectivity index (χ4n) is 2.23. The first-order valence-corrected chi connectivity index (χ1v) is 8.86. The number of hydrogen-bond donors (Lipinski definition) is 2. The summed E-state index contributed by atoms with van der Waals surface area (Å²) in [5.74, 6) is -1.35. The van der Waals surface area contributed by atoms with E-state index in [9.17, 15) is 22.6 Å². The Bertz CT molecular complexity index is 1160. The molecule has 0 unspecified atom stereocenters. The fourth-order valence-corrected chi connectivity index (χ4v) is 2.77. The third-order valence-electron chi connectivity index (χ3n) is 3.47. The standard InChI is InChI=1S/C16H10N4O7S/c21-8-27-12-5-11(6-13(7-12)28(24,25)26)15-19-17-14(18-20-15)9-2-1-3-10(4-9)16(22)23/h1-8H,(H,22,23)(H,24,25,26). The average Bonchev–Trinajstić information content (AvgIpc) is 2.67. The smallest absolute Gasteiger partial charge is 0.335 e. The lowest BCUT2D eigenvalue weighted by Crippen LogP contribution is -2.03. The number of carbonyl (C=O) groups excluding carboxylic acids is 1. The van der Waals surface area contributed by atoms with Crippen LogP contribution in [0.4, 0.5) is 0 Å². The molecule has 11 nitrogen and oxygen atoms in total. The van der Waals surface area contributed by atoms with Crippen molar-refractivity contribution in [2.24, 2.45) is 0 Å². The number of nitrogens with zero attached hydrogens (tertiary/aromatic N) is 4. The third kappa shape index (κ3) is 4.13. The van der Waals surface area contributed by atoms with Crippen LogP contribution in [0.2, 0.25) is 0 Å². The molecule has 28 heavy (non-hydrogen) atoms. The van der Waals surface area contributed by atoms with E-state index < -0.39 is 21.0 Å². The zero-order chi connectivity index (χ0) is 20.3. The number of hydrogen-bond acceptors (Lipinski definition) is 9. The summed E-state index contributed by atoms with van der Waals surface area (Å²) in [6.45, 7) is 0.0861. The van der Waals surface area contributed by atoms with Crippen LogP contribution in [0.25, 0.3) is 22.8 Å². The molecule has 0 amide bonds. The molecule has 0 saturated heterocycles. The number of carboxylic acids is 1. The van der Waals surface area contributed by atoms with E-state index in [2.05, 4.69) is 25.1 Å². The van der Waals surface area contributed by atoms with Gasteiger partial charge in [0.25, 0.3) is 16.6 Å². The lowest BCUT2D eigenvalue weighted by molar-refractivity contribution is -0.120. The van der Waals surface area contributed by atoms with Crippen molar-refractivity contribution in [1.29, 1.82) is 0 Å². The summed E-state index contributed by atoms with van der Waals surface area (Å²) in [5.41, 5.74) is 0.461. The van der Waals surface area contributed by atoms with Gasteiger partial charge in [0.1, 0.15) is 5.75 Å². The van der Waals surface area contributed by atoms with Gasteiger partial charge in [0.2, 0.25) is 11.6 Å². The molecule has 0 aliphatic rings. The van der Waals surface area contributed by atoms with Gasteiger partial charge < -0.3 is 9.84 Å². The van der Waals surface area contributed by atoms with Gasteiger partial charge in [0.05, 0.1) is 10.5 Å². The molecule has 0 saturated carbocycles. The van der Waals surface area contributed by atoms with E-state index in [1.807, 2.05) is 0 Å². The zero-order valence-electron chi connectivity index (χ0n) is 13.8. The quantitative estimate of drug-likeness (QED) is 0.446. The summed E-state index contributed by atoms with van der Waals surface area (Å²) in [4.78, 5) is 21.0. The number of rotatable bonds is 6. The maximum atomic E-state index is 11.4. The van der Waals surface area contributed by atoms with Crippen molar-refractivity contribution in [3.8, 4) is 28.5 Å². The molecule has 1 aromatic heterocycles. The SMILES string of the molecule is O=COc1cc(-c2nnc(-c3cccc(C(=O)O)c3)nn2)cc(S(=O)(=O)O)c1. The summed E-state index contributed by atoms with van der Waals surface area (Å²) in [7, 11) is -4.59. The molecule has 0 aliphatic carbocycles. The average molecular weight is 402 g/mol. The summed E-state index contributed by atoms with van der Waals surface area (Å²) >= 11 is 0. The van der Waals surface area contributed by atoms with E-state index in [1.54, 1.807) is 6.07 Å². The van der Waals surface area contributed by atoms with E-state index in [4.69, 9.17) is 5.11 Å². The zero-order valence-corrected chi connectivity index (χ0v) is 14.6. The Labute approximate surface area is 157 Å². The molecule has 0 fully saturated rings. The minimum atomic E-state index is -4.59. The first kappa shape index (κ1) is 19.0. The van der Waals surface area contributed by atoms with E-state index in [0.717, 1.165) is 12.1 Å². The third-order valence-corrected chi connectivity index (χ3v) is 4.30. The number of aromatic nitrogens is 4. The number of ether oxygens (including phenoxy) is 1. The summed E-state index contributed by atoms with van der Waals surface area (Å²) < 4.78 is 36.6. The van der Waals surface area contributed by atoms with Gasteiger partial charge in [-0.2, -0.15) is 8.42 Å².